The van der Waals surface area contributed by atoms with E-state index in [2.05, 4.69) is 4.74 Å². The van der Waals surface area contributed by atoms with Crippen molar-refractivity contribution >= 4 is 5.97 Å². The first-order chi connectivity index (χ1) is 11.7. The zero-order valence-corrected chi connectivity index (χ0v) is 15.0. The number of rotatable bonds is 15. The molecule has 5 nitrogen and oxygen atoms in total. The SMILES string of the molecule is COC(=O)CCCCCCCCCCCCCCC1OC23OC12O3. The van der Waals surface area contributed by atoms with Gasteiger partial charge in [0.05, 0.1) is 7.11 Å². The van der Waals surface area contributed by atoms with Gasteiger partial charge in [0.2, 0.25) is 0 Å². The Morgan fingerprint density at radius 1 is 0.833 bits per heavy atom. The van der Waals surface area contributed by atoms with E-state index >= 15 is 0 Å². The average molecular weight is 340 g/mol. The van der Waals surface area contributed by atoms with Crippen LogP contribution in [0.25, 0.3) is 0 Å². The number of hydrogen-bond acceptors (Lipinski definition) is 5. The second kappa shape index (κ2) is 8.15. The van der Waals surface area contributed by atoms with Crippen molar-refractivity contribution in [1.82, 2.24) is 0 Å². The summed E-state index contributed by atoms with van der Waals surface area (Å²) in [5.41, 5.74) is 0. The van der Waals surface area contributed by atoms with E-state index in [9.17, 15) is 4.79 Å². The lowest BCUT2D eigenvalue weighted by molar-refractivity contribution is -0.143. The van der Waals surface area contributed by atoms with E-state index < -0.39 is 5.97 Å². The molecule has 3 rings (SSSR count). The number of epoxide rings is 2. The van der Waals surface area contributed by atoms with Crippen molar-refractivity contribution in [3.8, 4) is 0 Å². The second-order valence-corrected chi connectivity index (χ2v) is 7.39. The first kappa shape index (κ1) is 18.2. The minimum atomic E-state index is -0.529. The van der Waals surface area contributed by atoms with E-state index in [1.54, 1.807) is 0 Å². The van der Waals surface area contributed by atoms with Crippen molar-refractivity contribution in [2.75, 3.05) is 7.11 Å². The fraction of sp³-hybridized carbons (Fsp3) is 0.947. The number of carbonyl (C=O) groups excluding carboxylic acids is 1. The molecule has 0 aliphatic carbocycles. The molecule has 1 atom stereocenters. The molecular formula is C19H32O5. The lowest BCUT2D eigenvalue weighted by Crippen LogP contribution is -2.33. The predicted molar refractivity (Wildman–Crippen MR) is 89.2 cm³/mol. The van der Waals surface area contributed by atoms with E-state index in [0.29, 0.717) is 6.42 Å². The lowest BCUT2D eigenvalue weighted by Gasteiger charge is -2.15. The molecule has 0 bridgehead atoms. The summed E-state index contributed by atoms with van der Waals surface area (Å²) in [4.78, 5) is 11.0. The van der Waals surface area contributed by atoms with Crippen LogP contribution in [0, 0.1) is 0 Å². The monoisotopic (exact) mass is 340 g/mol. The van der Waals surface area contributed by atoms with Gasteiger partial charge >= 0.3 is 11.9 Å². The molecule has 0 aromatic carbocycles. The van der Waals surface area contributed by atoms with Gasteiger partial charge in [0.1, 0.15) is 6.10 Å². The highest BCUT2D eigenvalue weighted by Gasteiger charge is 3.05. The van der Waals surface area contributed by atoms with Gasteiger partial charge in [-0.05, 0) is 12.8 Å². The Morgan fingerprint density at radius 3 is 1.75 bits per heavy atom. The molecule has 3 aliphatic rings. The van der Waals surface area contributed by atoms with Gasteiger partial charge in [0.25, 0.3) is 5.79 Å². The summed E-state index contributed by atoms with van der Waals surface area (Å²) >= 11 is 0. The van der Waals surface area contributed by atoms with Gasteiger partial charge in [0, 0.05) is 6.42 Å². The van der Waals surface area contributed by atoms with Gasteiger partial charge in [-0.15, -0.1) is 0 Å². The van der Waals surface area contributed by atoms with Crippen LogP contribution in [-0.4, -0.2) is 30.9 Å². The predicted octanol–water partition coefficient (Wildman–Crippen LogP) is 4.43. The second-order valence-electron chi connectivity index (χ2n) is 7.39. The largest absolute Gasteiger partial charge is 0.469 e. The summed E-state index contributed by atoms with van der Waals surface area (Å²) in [5, 5.41) is 0. The van der Waals surface area contributed by atoms with E-state index in [-0.39, 0.29) is 17.9 Å². The Morgan fingerprint density at radius 2 is 1.33 bits per heavy atom. The first-order valence-corrected chi connectivity index (χ1v) is 9.87. The van der Waals surface area contributed by atoms with Crippen LogP contribution in [-0.2, 0) is 23.7 Å². The first-order valence-electron chi connectivity index (χ1n) is 9.87. The van der Waals surface area contributed by atoms with Crippen LogP contribution in [0.1, 0.15) is 89.9 Å². The molecule has 0 aromatic rings. The van der Waals surface area contributed by atoms with Crippen LogP contribution in [0.2, 0.25) is 0 Å². The van der Waals surface area contributed by atoms with Crippen molar-refractivity contribution in [2.24, 2.45) is 0 Å². The standard InChI is InChI=1S/C19H32O5/c1-21-17(20)15-13-11-9-7-5-3-2-4-6-8-10-12-14-16-18-19(22-16,23-18)24-18/h16H,2-15H2,1H3. The Bertz CT molecular complexity index is 416. The molecule has 0 saturated carbocycles. The fourth-order valence-corrected chi connectivity index (χ4v) is 3.74. The Balaban J connectivity index is 0.990. The van der Waals surface area contributed by atoms with Gasteiger partial charge in [-0.1, -0.05) is 70.6 Å². The zero-order valence-electron chi connectivity index (χ0n) is 15.0. The zero-order chi connectivity index (χ0) is 16.9. The van der Waals surface area contributed by atoms with E-state index in [0.717, 1.165) is 19.3 Å². The van der Waals surface area contributed by atoms with Crippen molar-refractivity contribution in [2.45, 2.75) is 108 Å². The molecule has 138 valence electrons. The highest BCUT2D eigenvalue weighted by molar-refractivity contribution is 5.68. The van der Waals surface area contributed by atoms with Crippen LogP contribution in [0.15, 0.2) is 0 Å². The van der Waals surface area contributed by atoms with E-state index in [1.165, 1.54) is 71.3 Å². The fourth-order valence-electron chi connectivity index (χ4n) is 3.74. The maximum absolute atomic E-state index is 11.0. The molecule has 3 saturated heterocycles. The molecule has 0 amide bonds. The number of unbranched alkanes of at least 4 members (excludes halogenated alkanes) is 11. The van der Waals surface area contributed by atoms with Crippen molar-refractivity contribution in [3.63, 3.8) is 0 Å². The van der Waals surface area contributed by atoms with E-state index in [1.807, 2.05) is 0 Å². The summed E-state index contributed by atoms with van der Waals surface area (Å²) in [7, 11) is 1.46. The molecule has 0 spiro atoms. The Hall–Kier alpha value is -0.650. The highest BCUT2D eigenvalue weighted by atomic mass is 17.2. The normalized spacial score (nSPS) is 31.8. The summed E-state index contributed by atoms with van der Waals surface area (Å²) in [6, 6.07) is 0. The molecule has 0 N–H and O–H groups in total. The third-order valence-electron chi connectivity index (χ3n) is 5.46. The van der Waals surface area contributed by atoms with Crippen molar-refractivity contribution in [1.29, 1.82) is 0 Å². The van der Waals surface area contributed by atoms with Crippen LogP contribution < -0.4 is 0 Å². The number of hydrogen-bond donors (Lipinski definition) is 0. The van der Waals surface area contributed by atoms with E-state index in [4.69, 9.17) is 14.2 Å². The molecule has 3 aliphatic heterocycles. The molecule has 0 aromatic heterocycles. The molecule has 3 heterocycles. The number of carbonyl (C=O) groups is 1. The van der Waals surface area contributed by atoms with Crippen LogP contribution in [0.3, 0.4) is 0 Å². The van der Waals surface area contributed by atoms with Gasteiger partial charge < -0.3 is 9.47 Å². The Labute approximate surface area is 145 Å². The third-order valence-corrected chi connectivity index (χ3v) is 5.46. The molecule has 5 heteroatoms. The summed E-state index contributed by atoms with van der Waals surface area (Å²) < 4.78 is 20.8. The maximum Gasteiger partial charge on any atom is 0.349 e. The minimum absolute atomic E-state index is 0.0789. The molecule has 1 unspecified atom stereocenters. The van der Waals surface area contributed by atoms with Gasteiger partial charge in [-0.25, -0.2) is 0 Å². The van der Waals surface area contributed by atoms with Crippen LogP contribution in [0.4, 0.5) is 0 Å². The number of methoxy groups -OCH3 is 1. The van der Waals surface area contributed by atoms with Crippen LogP contribution >= 0.6 is 0 Å². The number of ether oxygens (including phenoxy) is 4. The van der Waals surface area contributed by atoms with Crippen molar-refractivity contribution < 1.29 is 23.7 Å². The molecule has 3 fully saturated rings. The molecule has 24 heavy (non-hydrogen) atoms. The average Bonchev–Trinajstić information content (AvgIpc) is 3.28. The van der Waals surface area contributed by atoms with Crippen LogP contribution in [0.5, 0.6) is 0 Å². The molecular weight excluding hydrogens is 308 g/mol. The Kier molecular flexibility index (Phi) is 6.17. The van der Waals surface area contributed by atoms with Gasteiger partial charge in [-0.3, -0.25) is 14.3 Å². The highest BCUT2D eigenvalue weighted by Crippen LogP contribution is 2.79. The summed E-state index contributed by atoms with van der Waals surface area (Å²) in [5.74, 6) is -0.865. The van der Waals surface area contributed by atoms with Crippen molar-refractivity contribution in [3.05, 3.63) is 0 Å². The third kappa shape index (κ3) is 4.12. The summed E-state index contributed by atoms with van der Waals surface area (Å²) in [6.45, 7) is 0. The summed E-state index contributed by atoms with van der Waals surface area (Å²) in [6.07, 6.45) is 17.2. The minimum Gasteiger partial charge on any atom is -0.469 e. The maximum atomic E-state index is 11.0. The van der Waals surface area contributed by atoms with Gasteiger partial charge in [-0.2, -0.15) is 0 Å². The van der Waals surface area contributed by atoms with Gasteiger partial charge in [0.15, 0.2) is 0 Å². The topological polar surface area (TPSA) is 60.6 Å². The number of esters is 1. The molecule has 0 radical (unpaired) electrons. The smallest absolute Gasteiger partial charge is 0.349 e. The quantitative estimate of drug-likeness (QED) is 0.251. The lowest BCUT2D eigenvalue weighted by atomic mass is 10.0.